The van der Waals surface area contributed by atoms with E-state index >= 15 is 0 Å². The van der Waals surface area contributed by atoms with Crippen LogP contribution in [0.1, 0.15) is 24.0 Å². The summed E-state index contributed by atoms with van der Waals surface area (Å²) in [7, 11) is -1.81. The van der Waals surface area contributed by atoms with Gasteiger partial charge >= 0.3 is 0 Å². The average molecular weight is 455 g/mol. The molecule has 1 fully saturated rings. The second-order valence-corrected chi connectivity index (χ2v) is 10.5. The highest BCUT2D eigenvalue weighted by Crippen LogP contribution is 2.48. The molecule has 1 N–H and O–H groups in total. The molecule has 0 amide bonds. The Hall–Kier alpha value is -2.48. The Labute approximate surface area is 187 Å². The van der Waals surface area contributed by atoms with Gasteiger partial charge < -0.3 is 5.32 Å². The smallest absolute Gasteiger partial charge is 0.244 e. The predicted octanol–water partition coefficient (Wildman–Crippen LogP) is 4.12. The first kappa shape index (κ1) is 20.4. The van der Waals surface area contributed by atoms with Crippen molar-refractivity contribution >= 4 is 27.6 Å². The molecule has 1 aliphatic carbocycles. The SMILES string of the molecule is CNc1ncc2c(n1)-c1ccccc1C1(CCN(S(=O)(=O)c3ccccc3Cl)CC1)C2. The first-order chi connectivity index (χ1) is 14.9. The van der Waals surface area contributed by atoms with Crippen molar-refractivity contribution in [1.82, 2.24) is 14.3 Å². The zero-order valence-corrected chi connectivity index (χ0v) is 18.7. The summed E-state index contributed by atoms with van der Waals surface area (Å²) in [5.74, 6) is 0.602. The zero-order chi connectivity index (χ0) is 21.6. The molecule has 6 nitrogen and oxygen atoms in total. The molecule has 0 radical (unpaired) electrons. The molecule has 0 saturated carbocycles. The van der Waals surface area contributed by atoms with Gasteiger partial charge in [-0.25, -0.2) is 18.4 Å². The van der Waals surface area contributed by atoms with Crippen molar-refractivity contribution in [2.75, 3.05) is 25.5 Å². The fourth-order valence-corrected chi connectivity index (χ4v) is 6.83. The number of piperidine rings is 1. The molecular formula is C23H23ClN4O2S. The van der Waals surface area contributed by atoms with E-state index in [2.05, 4.69) is 28.5 Å². The van der Waals surface area contributed by atoms with Crippen molar-refractivity contribution in [3.63, 3.8) is 0 Å². The van der Waals surface area contributed by atoms with Crippen LogP contribution in [0.3, 0.4) is 0 Å². The Balaban J connectivity index is 1.48. The summed E-state index contributed by atoms with van der Waals surface area (Å²) in [6.07, 6.45) is 4.18. The highest BCUT2D eigenvalue weighted by Gasteiger charge is 2.44. The summed E-state index contributed by atoms with van der Waals surface area (Å²) in [6, 6.07) is 15.0. The Morgan fingerprint density at radius 1 is 1.06 bits per heavy atom. The average Bonchev–Trinajstić information content (AvgIpc) is 2.80. The van der Waals surface area contributed by atoms with Crippen LogP contribution in [0.25, 0.3) is 11.3 Å². The Morgan fingerprint density at radius 2 is 1.77 bits per heavy atom. The van der Waals surface area contributed by atoms with Crippen LogP contribution in [-0.2, 0) is 21.9 Å². The summed E-state index contributed by atoms with van der Waals surface area (Å²) in [5.41, 5.74) is 4.32. The zero-order valence-electron chi connectivity index (χ0n) is 17.2. The Bertz CT molecular complexity index is 1250. The summed E-state index contributed by atoms with van der Waals surface area (Å²) in [5, 5.41) is 3.28. The molecule has 0 unspecified atom stereocenters. The maximum absolute atomic E-state index is 13.2. The van der Waals surface area contributed by atoms with Gasteiger partial charge in [0.1, 0.15) is 4.90 Å². The van der Waals surface area contributed by atoms with Crippen molar-refractivity contribution in [3.05, 3.63) is 70.9 Å². The van der Waals surface area contributed by atoms with Gasteiger partial charge in [0.05, 0.1) is 10.7 Å². The lowest BCUT2D eigenvalue weighted by molar-refractivity contribution is 0.229. The van der Waals surface area contributed by atoms with Crippen LogP contribution in [-0.4, -0.2) is 42.8 Å². The third kappa shape index (κ3) is 3.32. The summed E-state index contributed by atoms with van der Waals surface area (Å²) in [4.78, 5) is 9.31. The van der Waals surface area contributed by atoms with E-state index in [0.29, 0.717) is 19.0 Å². The van der Waals surface area contributed by atoms with E-state index in [4.69, 9.17) is 16.6 Å². The van der Waals surface area contributed by atoms with Crippen LogP contribution >= 0.6 is 11.6 Å². The molecule has 1 aromatic heterocycles. The van der Waals surface area contributed by atoms with Crippen molar-refractivity contribution in [2.24, 2.45) is 0 Å². The van der Waals surface area contributed by atoms with E-state index in [0.717, 1.165) is 36.1 Å². The maximum Gasteiger partial charge on any atom is 0.244 e. The molecule has 2 heterocycles. The summed E-state index contributed by atoms with van der Waals surface area (Å²) >= 11 is 6.19. The van der Waals surface area contributed by atoms with Gasteiger partial charge in [0.15, 0.2) is 0 Å². The summed E-state index contributed by atoms with van der Waals surface area (Å²) < 4.78 is 28.0. The minimum Gasteiger partial charge on any atom is -0.357 e. The van der Waals surface area contributed by atoms with Crippen LogP contribution in [0, 0.1) is 0 Å². The number of nitrogens with one attached hydrogen (secondary N) is 1. The monoisotopic (exact) mass is 454 g/mol. The topological polar surface area (TPSA) is 75.2 Å². The van der Waals surface area contributed by atoms with E-state index in [1.807, 2.05) is 19.3 Å². The molecule has 1 spiro atoms. The summed E-state index contributed by atoms with van der Waals surface area (Å²) in [6.45, 7) is 0.902. The van der Waals surface area contributed by atoms with E-state index in [9.17, 15) is 8.42 Å². The standard InChI is InChI=1S/C23H23ClN4O2S/c1-25-22-26-15-16-14-23(18-7-3-2-6-17(18)21(16)27-22)10-12-28(13-11-23)31(29,30)20-9-5-4-8-19(20)24/h2-9,15H,10-14H2,1H3,(H,25,26,27). The number of nitrogens with zero attached hydrogens (tertiary/aromatic N) is 3. The normalized spacial score (nSPS) is 17.7. The largest absolute Gasteiger partial charge is 0.357 e. The molecule has 5 rings (SSSR count). The molecule has 31 heavy (non-hydrogen) atoms. The molecule has 2 aromatic carbocycles. The van der Waals surface area contributed by atoms with E-state index in [1.54, 1.807) is 28.6 Å². The first-order valence-electron chi connectivity index (χ1n) is 10.3. The number of fused-ring (bicyclic) bond motifs is 4. The van der Waals surface area contributed by atoms with Crippen molar-refractivity contribution in [2.45, 2.75) is 29.6 Å². The molecule has 160 valence electrons. The lowest BCUT2D eigenvalue weighted by Crippen LogP contribution is -2.47. The maximum atomic E-state index is 13.2. The molecule has 3 aromatic rings. The van der Waals surface area contributed by atoms with Crippen molar-refractivity contribution < 1.29 is 8.42 Å². The number of benzene rings is 2. The van der Waals surface area contributed by atoms with Gasteiger partial charge in [-0.3, -0.25) is 0 Å². The van der Waals surface area contributed by atoms with Crippen LogP contribution in [0.4, 0.5) is 5.95 Å². The van der Waals surface area contributed by atoms with Crippen molar-refractivity contribution in [1.29, 1.82) is 0 Å². The third-order valence-corrected chi connectivity index (χ3v) is 8.90. The van der Waals surface area contributed by atoms with Crippen LogP contribution < -0.4 is 5.32 Å². The fraction of sp³-hybridized carbons (Fsp3) is 0.304. The molecule has 1 saturated heterocycles. The Morgan fingerprint density at radius 3 is 2.52 bits per heavy atom. The minimum absolute atomic E-state index is 0.124. The van der Waals surface area contributed by atoms with Crippen molar-refractivity contribution in [3.8, 4) is 11.3 Å². The first-order valence-corrected chi connectivity index (χ1v) is 12.1. The second-order valence-electron chi connectivity index (χ2n) is 8.15. The number of halogens is 1. The second kappa shape index (κ2) is 7.58. The van der Waals surface area contributed by atoms with Gasteiger partial charge in [-0.2, -0.15) is 4.31 Å². The van der Waals surface area contributed by atoms with Gasteiger partial charge in [0.25, 0.3) is 0 Å². The van der Waals surface area contributed by atoms with Gasteiger partial charge in [-0.15, -0.1) is 0 Å². The van der Waals surface area contributed by atoms with Gasteiger partial charge in [0.2, 0.25) is 16.0 Å². The number of sulfonamides is 1. The quantitative estimate of drug-likeness (QED) is 0.644. The molecule has 1 aliphatic heterocycles. The minimum atomic E-state index is -3.63. The van der Waals surface area contributed by atoms with Crippen LogP contribution in [0.15, 0.2) is 59.6 Å². The Kier molecular flexibility index (Phi) is 5.00. The molecule has 2 aliphatic rings. The molecule has 8 heteroatoms. The van der Waals surface area contributed by atoms with Gasteiger partial charge in [0, 0.05) is 37.3 Å². The lowest BCUT2D eigenvalue weighted by atomic mass is 9.64. The van der Waals surface area contributed by atoms with Gasteiger partial charge in [-0.05, 0) is 42.5 Å². The molecule has 0 atom stereocenters. The number of rotatable bonds is 3. The number of hydrogen-bond donors (Lipinski definition) is 1. The molecule has 0 bridgehead atoms. The van der Waals surface area contributed by atoms with Gasteiger partial charge in [-0.1, -0.05) is 48.0 Å². The fourth-order valence-electron chi connectivity index (χ4n) is 4.90. The molecular weight excluding hydrogens is 432 g/mol. The number of hydrogen-bond acceptors (Lipinski definition) is 5. The van der Waals surface area contributed by atoms with E-state index < -0.39 is 10.0 Å². The van der Waals surface area contributed by atoms with E-state index in [-0.39, 0.29) is 15.3 Å². The van der Waals surface area contributed by atoms with Crippen LogP contribution in [0.5, 0.6) is 0 Å². The number of anilines is 1. The lowest BCUT2D eigenvalue weighted by Gasteiger charge is -2.45. The highest BCUT2D eigenvalue weighted by molar-refractivity contribution is 7.89. The van der Waals surface area contributed by atoms with Crippen LogP contribution in [0.2, 0.25) is 5.02 Å². The number of aromatic nitrogens is 2. The third-order valence-electron chi connectivity index (χ3n) is 6.50. The predicted molar refractivity (Wildman–Crippen MR) is 122 cm³/mol. The van der Waals surface area contributed by atoms with E-state index in [1.165, 1.54) is 5.56 Å². The highest BCUT2D eigenvalue weighted by atomic mass is 35.5.